The van der Waals surface area contributed by atoms with Crippen molar-refractivity contribution in [1.82, 2.24) is 0 Å². The van der Waals surface area contributed by atoms with Gasteiger partial charge in [-0.1, -0.05) is 0 Å². The molecule has 0 saturated carbocycles. The zero-order valence-corrected chi connectivity index (χ0v) is 6.10. The van der Waals surface area contributed by atoms with Crippen LogP contribution < -0.4 is 0 Å². The second-order valence-electron chi connectivity index (χ2n) is 0.831. The van der Waals surface area contributed by atoms with Gasteiger partial charge in [0, 0.05) is 0 Å². The van der Waals surface area contributed by atoms with Crippen molar-refractivity contribution in [3.8, 4) is 0 Å². The molecule has 0 aromatic heterocycles. The number of allylic oxidation sites excluding steroid dienone is 1. The number of hydrogen-bond donors (Lipinski definition) is 0. The maximum atomic E-state index is 11.2. The van der Waals surface area contributed by atoms with Gasteiger partial charge in [-0.3, -0.25) is 0 Å². The van der Waals surface area contributed by atoms with Crippen LogP contribution in [0.15, 0.2) is 12.7 Å². The first-order chi connectivity index (χ1) is 2.77. The van der Waals surface area contributed by atoms with E-state index in [0.717, 1.165) is 0 Å². The van der Waals surface area contributed by atoms with E-state index in [0.29, 0.717) is 0 Å². The van der Waals surface area contributed by atoms with Crippen molar-refractivity contribution in [2.24, 2.45) is 0 Å². The van der Waals surface area contributed by atoms with E-state index in [1.807, 2.05) is 0 Å². The molecule has 0 bridgehead atoms. The molecule has 0 atom stereocenters. The molecule has 0 N–H and O–H groups in total. The predicted octanol–water partition coefficient (Wildman–Crippen LogP) is 1.60. The monoisotopic (exact) mass is 199 g/mol. The van der Waals surface area contributed by atoms with Gasteiger partial charge in [-0.15, -0.1) is 0 Å². The maximum absolute atomic E-state index is 11.2. The Hall–Kier alpha value is 0.399. The molecule has 0 aromatic rings. The summed E-state index contributed by atoms with van der Waals surface area (Å²) in [5, 5.41) is 0. The second kappa shape index (κ2) is 3.58. The molecular weight excluding hydrogens is 193 g/mol. The molecule has 0 aliphatic carbocycles. The van der Waals surface area contributed by atoms with Gasteiger partial charge in [0.2, 0.25) is 0 Å². The van der Waals surface area contributed by atoms with E-state index in [1.165, 1.54) is 6.08 Å². The average molecular weight is 198 g/mol. The topological polar surface area (TPSA) is 0 Å². The quantitative estimate of drug-likeness (QED) is 0.466. The summed E-state index contributed by atoms with van der Waals surface area (Å²) in [7, 11) is 0. The first-order valence-corrected chi connectivity index (χ1v) is 5.72. The molecule has 0 spiro atoms. The fourth-order valence-electron chi connectivity index (χ4n) is 0.109. The van der Waals surface area contributed by atoms with E-state index < -0.39 is 20.9 Å². The third-order valence-corrected chi connectivity index (χ3v) is 2.00. The van der Waals surface area contributed by atoms with Gasteiger partial charge in [0.1, 0.15) is 0 Å². The van der Waals surface area contributed by atoms with Gasteiger partial charge in [-0.05, 0) is 0 Å². The minimum absolute atomic E-state index is 0.00222. The molecule has 0 nitrogen and oxygen atoms in total. The van der Waals surface area contributed by atoms with Gasteiger partial charge in [-0.2, -0.15) is 0 Å². The Kier molecular flexibility index (Phi) is 3.82. The van der Waals surface area contributed by atoms with E-state index >= 15 is 0 Å². The zero-order chi connectivity index (χ0) is 4.99. The van der Waals surface area contributed by atoms with Crippen molar-refractivity contribution >= 4 is 20.9 Å². The Labute approximate surface area is 44.1 Å². The van der Waals surface area contributed by atoms with E-state index in [-0.39, 0.29) is 4.44 Å². The van der Waals surface area contributed by atoms with Crippen molar-refractivity contribution in [3.05, 3.63) is 12.7 Å². The number of halogens is 2. The molecule has 0 fully saturated rings. The third kappa shape index (κ3) is 4.40. The molecule has 0 saturated heterocycles. The number of rotatable bonds is 2. The molecule has 1 radical (unpaired) electrons. The van der Waals surface area contributed by atoms with Gasteiger partial charge in [0.05, 0.1) is 0 Å². The van der Waals surface area contributed by atoms with Gasteiger partial charge in [-0.25, -0.2) is 0 Å². The Morgan fingerprint density at radius 3 is 2.17 bits per heavy atom. The average Bonchev–Trinajstić information content (AvgIpc) is 1.35. The normalized spacial score (nSPS) is 9.17. The molecule has 35 valence electrons. The predicted molar refractivity (Wildman–Crippen MR) is 23.0 cm³/mol. The molecule has 0 rings (SSSR count). The van der Waals surface area contributed by atoms with Crippen LogP contribution in [-0.2, 0) is 0 Å². The first kappa shape index (κ1) is 6.40. The molecule has 0 amide bonds. The van der Waals surface area contributed by atoms with Crippen LogP contribution in [0.5, 0.6) is 0 Å². The molecule has 0 aliphatic heterocycles. The van der Waals surface area contributed by atoms with Crippen molar-refractivity contribution in [1.29, 1.82) is 0 Å². The summed E-state index contributed by atoms with van der Waals surface area (Å²) < 4.78 is 22.3. The molecule has 0 aromatic carbocycles. The minimum atomic E-state index is -3.73. The van der Waals surface area contributed by atoms with Gasteiger partial charge < -0.3 is 0 Å². The van der Waals surface area contributed by atoms with Crippen LogP contribution in [0.1, 0.15) is 0 Å². The van der Waals surface area contributed by atoms with Crippen LogP contribution in [0, 0.1) is 0 Å². The second-order valence-corrected chi connectivity index (χ2v) is 3.93. The van der Waals surface area contributed by atoms with E-state index in [4.69, 9.17) is 0 Å². The summed E-state index contributed by atoms with van der Waals surface area (Å²) in [6.45, 7) is 3.17. The fraction of sp³-hybridized carbons (Fsp3) is 0.333. The van der Waals surface area contributed by atoms with E-state index in [2.05, 4.69) is 6.58 Å². The van der Waals surface area contributed by atoms with Crippen molar-refractivity contribution in [2.45, 2.75) is 4.44 Å². The summed E-state index contributed by atoms with van der Waals surface area (Å²) >= 11 is -3.73. The SMILES string of the molecule is C=C[CH2][Sn]([F])[F]. The summed E-state index contributed by atoms with van der Waals surface area (Å²) in [6, 6.07) is 0. The van der Waals surface area contributed by atoms with E-state index in [1.54, 1.807) is 0 Å². The summed E-state index contributed by atoms with van der Waals surface area (Å²) in [4.78, 5) is 0. The summed E-state index contributed by atoms with van der Waals surface area (Å²) in [6.07, 6.45) is 1.29. The van der Waals surface area contributed by atoms with E-state index in [9.17, 15) is 5.73 Å². The van der Waals surface area contributed by atoms with Gasteiger partial charge >= 0.3 is 43.7 Å². The Bertz CT molecular complexity index is 44.1. The molecular formula is C3H5F2Sn. The van der Waals surface area contributed by atoms with Crippen LogP contribution in [0.25, 0.3) is 0 Å². The van der Waals surface area contributed by atoms with Crippen LogP contribution in [0.3, 0.4) is 0 Å². The standard InChI is InChI=1S/C3H5.2FH.Sn/c1-3-2;;;/h3H,1-2H2;2*1H;/q;;;+2/p-2. The zero-order valence-electron chi connectivity index (χ0n) is 3.25. The molecule has 0 heterocycles. The summed E-state index contributed by atoms with van der Waals surface area (Å²) in [5.74, 6) is 0. The molecule has 6 heavy (non-hydrogen) atoms. The van der Waals surface area contributed by atoms with Crippen molar-refractivity contribution < 1.29 is 5.73 Å². The van der Waals surface area contributed by atoms with Crippen molar-refractivity contribution in [3.63, 3.8) is 0 Å². The Morgan fingerprint density at radius 1 is 1.67 bits per heavy atom. The molecule has 0 aliphatic rings. The number of hydrogen-bond acceptors (Lipinski definition) is 0. The van der Waals surface area contributed by atoms with Crippen LogP contribution in [0.4, 0.5) is 5.73 Å². The molecule has 0 unspecified atom stereocenters. The van der Waals surface area contributed by atoms with Crippen molar-refractivity contribution in [2.75, 3.05) is 0 Å². The van der Waals surface area contributed by atoms with Crippen LogP contribution in [-0.4, -0.2) is 20.9 Å². The Balaban J connectivity index is 2.81. The van der Waals surface area contributed by atoms with Gasteiger partial charge in [0.15, 0.2) is 0 Å². The molecule has 3 heteroatoms. The van der Waals surface area contributed by atoms with Crippen LogP contribution in [0.2, 0.25) is 4.44 Å². The third-order valence-electron chi connectivity index (χ3n) is 0.299. The Morgan fingerprint density at radius 2 is 2.17 bits per heavy atom. The van der Waals surface area contributed by atoms with Gasteiger partial charge in [0.25, 0.3) is 0 Å². The summed E-state index contributed by atoms with van der Waals surface area (Å²) in [5.41, 5.74) is 0. The first-order valence-electron chi connectivity index (χ1n) is 1.55. The fourth-order valence-corrected chi connectivity index (χ4v) is 0.732. The van der Waals surface area contributed by atoms with Crippen LogP contribution >= 0.6 is 0 Å².